The summed E-state index contributed by atoms with van der Waals surface area (Å²) in [4.78, 5) is 2.39. The Morgan fingerprint density at radius 1 is 1.20 bits per heavy atom. The van der Waals surface area contributed by atoms with Gasteiger partial charge in [0.25, 0.3) is 0 Å². The van der Waals surface area contributed by atoms with Gasteiger partial charge in [0, 0.05) is 13.7 Å². The maximum atomic E-state index is 5.54. The van der Waals surface area contributed by atoms with Crippen molar-refractivity contribution < 1.29 is 4.74 Å². The summed E-state index contributed by atoms with van der Waals surface area (Å²) >= 11 is 0. The Balaban J connectivity index is 2.34. The molecule has 1 aliphatic carbocycles. The second kappa shape index (κ2) is 6.49. The molecule has 1 rings (SSSR count). The topological polar surface area (TPSA) is 12.5 Å². The minimum absolute atomic E-state index is 0.284. The molecule has 90 valence electrons. The van der Waals surface area contributed by atoms with E-state index in [2.05, 4.69) is 25.8 Å². The minimum Gasteiger partial charge on any atom is -0.366 e. The molecule has 0 aliphatic heterocycles. The zero-order valence-electron chi connectivity index (χ0n) is 10.8. The van der Waals surface area contributed by atoms with Gasteiger partial charge in [-0.1, -0.05) is 33.1 Å². The molecule has 0 radical (unpaired) electrons. The fourth-order valence-corrected chi connectivity index (χ4v) is 2.84. The van der Waals surface area contributed by atoms with Crippen molar-refractivity contribution in [2.45, 2.75) is 52.2 Å². The molecule has 0 amide bonds. The molecule has 2 nitrogen and oxygen atoms in total. The van der Waals surface area contributed by atoms with Crippen molar-refractivity contribution in [1.82, 2.24) is 4.90 Å². The standard InChI is InChI=1S/C13H27NO/c1-11(2)13(15-4)14(3)10-12-8-6-5-7-9-12/h11-13H,5-10H2,1-4H3. The molecule has 1 fully saturated rings. The highest BCUT2D eigenvalue weighted by molar-refractivity contribution is 4.71. The highest BCUT2D eigenvalue weighted by Crippen LogP contribution is 2.25. The number of nitrogens with zero attached hydrogens (tertiary/aromatic N) is 1. The van der Waals surface area contributed by atoms with E-state index in [9.17, 15) is 0 Å². The lowest BCUT2D eigenvalue weighted by Crippen LogP contribution is -2.40. The van der Waals surface area contributed by atoms with Crippen LogP contribution in [-0.2, 0) is 4.74 Å². The number of rotatable bonds is 5. The first-order valence-electron chi connectivity index (χ1n) is 6.38. The Morgan fingerprint density at radius 3 is 2.27 bits per heavy atom. The van der Waals surface area contributed by atoms with Crippen molar-refractivity contribution in [2.75, 3.05) is 20.7 Å². The van der Waals surface area contributed by atoms with Crippen LogP contribution in [0.2, 0.25) is 0 Å². The predicted octanol–water partition coefficient (Wildman–Crippen LogP) is 3.13. The summed E-state index contributed by atoms with van der Waals surface area (Å²) in [5.41, 5.74) is 0. The second-order valence-electron chi connectivity index (χ2n) is 5.31. The van der Waals surface area contributed by atoms with E-state index in [1.807, 2.05) is 7.11 Å². The largest absolute Gasteiger partial charge is 0.366 e. The van der Waals surface area contributed by atoms with Crippen LogP contribution in [0.1, 0.15) is 46.0 Å². The van der Waals surface area contributed by atoms with Gasteiger partial charge >= 0.3 is 0 Å². The second-order valence-corrected chi connectivity index (χ2v) is 5.31. The first-order valence-corrected chi connectivity index (χ1v) is 6.38. The molecule has 0 aromatic rings. The predicted molar refractivity (Wildman–Crippen MR) is 64.8 cm³/mol. The van der Waals surface area contributed by atoms with Gasteiger partial charge in [-0.3, -0.25) is 4.90 Å². The zero-order chi connectivity index (χ0) is 11.3. The average Bonchev–Trinajstić information content (AvgIpc) is 2.19. The Kier molecular flexibility index (Phi) is 5.62. The minimum atomic E-state index is 0.284. The quantitative estimate of drug-likeness (QED) is 0.651. The van der Waals surface area contributed by atoms with Gasteiger partial charge in [0.05, 0.1) is 0 Å². The molecule has 0 N–H and O–H groups in total. The molecule has 1 aliphatic rings. The van der Waals surface area contributed by atoms with Crippen LogP contribution in [-0.4, -0.2) is 31.8 Å². The molecule has 0 heterocycles. The smallest absolute Gasteiger partial charge is 0.112 e. The lowest BCUT2D eigenvalue weighted by molar-refractivity contribution is -0.0564. The van der Waals surface area contributed by atoms with E-state index < -0.39 is 0 Å². The number of methoxy groups -OCH3 is 1. The van der Waals surface area contributed by atoms with Gasteiger partial charge in [-0.15, -0.1) is 0 Å². The highest BCUT2D eigenvalue weighted by atomic mass is 16.5. The van der Waals surface area contributed by atoms with Crippen LogP contribution in [0.4, 0.5) is 0 Å². The molecule has 15 heavy (non-hydrogen) atoms. The summed E-state index contributed by atoms with van der Waals surface area (Å²) in [6.45, 7) is 5.66. The molecule has 0 aromatic heterocycles. The Bertz CT molecular complexity index is 164. The van der Waals surface area contributed by atoms with Crippen LogP contribution in [0.5, 0.6) is 0 Å². The fourth-order valence-electron chi connectivity index (χ4n) is 2.84. The van der Waals surface area contributed by atoms with E-state index in [-0.39, 0.29) is 6.23 Å². The van der Waals surface area contributed by atoms with Crippen molar-refractivity contribution in [3.05, 3.63) is 0 Å². The normalized spacial score (nSPS) is 21.2. The Morgan fingerprint density at radius 2 is 1.80 bits per heavy atom. The maximum absolute atomic E-state index is 5.54. The lowest BCUT2D eigenvalue weighted by Gasteiger charge is -2.33. The van der Waals surface area contributed by atoms with Crippen LogP contribution in [0, 0.1) is 11.8 Å². The van der Waals surface area contributed by atoms with E-state index in [1.54, 1.807) is 0 Å². The average molecular weight is 213 g/mol. The van der Waals surface area contributed by atoms with Crippen LogP contribution in [0.3, 0.4) is 0 Å². The van der Waals surface area contributed by atoms with E-state index >= 15 is 0 Å². The van der Waals surface area contributed by atoms with Gasteiger partial charge in [-0.2, -0.15) is 0 Å². The molecule has 0 aromatic carbocycles. The van der Waals surface area contributed by atoms with E-state index in [1.165, 1.54) is 38.6 Å². The monoisotopic (exact) mass is 213 g/mol. The van der Waals surface area contributed by atoms with Gasteiger partial charge in [-0.25, -0.2) is 0 Å². The summed E-state index contributed by atoms with van der Waals surface area (Å²) in [6, 6.07) is 0. The molecular formula is C13H27NO. The molecule has 1 atom stereocenters. The van der Waals surface area contributed by atoms with Crippen molar-refractivity contribution in [1.29, 1.82) is 0 Å². The molecule has 1 unspecified atom stereocenters. The van der Waals surface area contributed by atoms with E-state index in [0.717, 1.165) is 5.92 Å². The Labute approximate surface area is 95.0 Å². The first kappa shape index (κ1) is 13.0. The van der Waals surface area contributed by atoms with Gasteiger partial charge < -0.3 is 4.74 Å². The van der Waals surface area contributed by atoms with Gasteiger partial charge in [0.15, 0.2) is 0 Å². The van der Waals surface area contributed by atoms with Crippen LogP contribution < -0.4 is 0 Å². The molecular weight excluding hydrogens is 186 g/mol. The third-order valence-electron chi connectivity index (χ3n) is 3.52. The third kappa shape index (κ3) is 4.12. The first-order chi connectivity index (χ1) is 7.15. The molecule has 0 saturated heterocycles. The molecule has 0 spiro atoms. The fraction of sp³-hybridized carbons (Fsp3) is 1.00. The van der Waals surface area contributed by atoms with E-state index in [0.29, 0.717) is 5.92 Å². The molecule has 1 saturated carbocycles. The highest BCUT2D eigenvalue weighted by Gasteiger charge is 2.22. The van der Waals surface area contributed by atoms with Crippen molar-refractivity contribution in [2.24, 2.45) is 11.8 Å². The number of hydrogen-bond donors (Lipinski definition) is 0. The molecule has 2 heteroatoms. The number of hydrogen-bond acceptors (Lipinski definition) is 2. The zero-order valence-corrected chi connectivity index (χ0v) is 10.8. The Hall–Kier alpha value is -0.0800. The lowest BCUT2D eigenvalue weighted by atomic mass is 9.89. The van der Waals surface area contributed by atoms with Crippen molar-refractivity contribution >= 4 is 0 Å². The summed E-state index contributed by atoms with van der Waals surface area (Å²) < 4.78 is 5.54. The van der Waals surface area contributed by atoms with Crippen LogP contribution in [0.15, 0.2) is 0 Å². The van der Waals surface area contributed by atoms with Gasteiger partial charge in [0.2, 0.25) is 0 Å². The van der Waals surface area contributed by atoms with Gasteiger partial charge in [0.1, 0.15) is 6.23 Å². The summed E-state index contributed by atoms with van der Waals surface area (Å²) in [6.07, 6.45) is 7.41. The van der Waals surface area contributed by atoms with E-state index in [4.69, 9.17) is 4.74 Å². The third-order valence-corrected chi connectivity index (χ3v) is 3.52. The number of ether oxygens (including phenoxy) is 1. The van der Waals surface area contributed by atoms with Crippen molar-refractivity contribution in [3.63, 3.8) is 0 Å². The summed E-state index contributed by atoms with van der Waals surface area (Å²) in [7, 11) is 4.02. The maximum Gasteiger partial charge on any atom is 0.112 e. The van der Waals surface area contributed by atoms with Gasteiger partial charge in [-0.05, 0) is 31.7 Å². The van der Waals surface area contributed by atoms with Crippen LogP contribution >= 0.6 is 0 Å². The molecule has 0 bridgehead atoms. The summed E-state index contributed by atoms with van der Waals surface area (Å²) in [5, 5.41) is 0. The summed E-state index contributed by atoms with van der Waals surface area (Å²) in [5.74, 6) is 1.48. The van der Waals surface area contributed by atoms with Crippen molar-refractivity contribution in [3.8, 4) is 0 Å². The van der Waals surface area contributed by atoms with Crippen LogP contribution in [0.25, 0.3) is 0 Å². The SMILES string of the molecule is COC(C(C)C)N(C)CC1CCCCC1.